The lowest BCUT2D eigenvalue weighted by Gasteiger charge is -2.18. The van der Waals surface area contributed by atoms with Crippen LogP contribution in [0.25, 0.3) is 0 Å². The molecule has 0 radical (unpaired) electrons. The standard InChI is InChI=1S/C62H106O6/c1-4-7-10-13-16-19-22-25-28-30-31-33-34-37-40-43-46-49-52-55-61(64)67-58-59(57-66-60(63)54-51-48-45-42-39-36-27-24-21-18-15-12-9-6-3)68-62(65)56-53-50-47-44-41-38-35-32-29-26-23-20-17-14-11-8-5-2/h7,10,16,19,24-25,27-28,31,33,37,40,46,49,59H,4-6,8-9,11-15,17-18,20-23,26,29-30,32,34-36,38-39,41-45,47-48,50-58H2,1-3H3/b10-7+,19-16+,27-24+,28-25+,33-31+,40-37+,49-46+/t59-/m1/s1. The van der Waals surface area contributed by atoms with Gasteiger partial charge in [-0.25, -0.2) is 0 Å². The minimum Gasteiger partial charge on any atom is -0.462 e. The minimum absolute atomic E-state index is 0.102. The summed E-state index contributed by atoms with van der Waals surface area (Å²) in [4.78, 5) is 38.1. The van der Waals surface area contributed by atoms with Crippen LogP contribution in [0.5, 0.6) is 0 Å². The second-order valence-electron chi connectivity index (χ2n) is 18.8. The zero-order valence-corrected chi connectivity index (χ0v) is 44.6. The van der Waals surface area contributed by atoms with Gasteiger partial charge >= 0.3 is 17.9 Å². The maximum atomic E-state index is 12.9. The summed E-state index contributed by atoms with van der Waals surface area (Å²) in [5, 5.41) is 0. The summed E-state index contributed by atoms with van der Waals surface area (Å²) >= 11 is 0. The molecule has 0 saturated carbocycles. The highest BCUT2D eigenvalue weighted by atomic mass is 16.6. The van der Waals surface area contributed by atoms with Gasteiger partial charge in [0.1, 0.15) is 13.2 Å². The molecule has 6 heteroatoms. The Hall–Kier alpha value is -3.41. The Bertz CT molecular complexity index is 1320. The molecule has 0 aliphatic carbocycles. The average Bonchev–Trinajstić information content (AvgIpc) is 3.34. The van der Waals surface area contributed by atoms with Crippen LogP contribution < -0.4 is 0 Å². The normalized spacial score (nSPS) is 12.7. The first kappa shape index (κ1) is 64.6. The molecule has 0 fully saturated rings. The summed E-state index contributed by atoms with van der Waals surface area (Å²) in [6.07, 6.45) is 73.0. The third-order valence-electron chi connectivity index (χ3n) is 12.1. The van der Waals surface area contributed by atoms with Gasteiger partial charge in [0.2, 0.25) is 0 Å². The van der Waals surface area contributed by atoms with Gasteiger partial charge in [0, 0.05) is 19.3 Å². The maximum Gasteiger partial charge on any atom is 0.306 e. The van der Waals surface area contributed by atoms with E-state index in [1.165, 1.54) is 141 Å². The second kappa shape index (κ2) is 56.2. The lowest BCUT2D eigenvalue weighted by atomic mass is 10.0. The van der Waals surface area contributed by atoms with Crippen LogP contribution in [0.2, 0.25) is 0 Å². The van der Waals surface area contributed by atoms with Gasteiger partial charge in [-0.15, -0.1) is 0 Å². The predicted molar refractivity (Wildman–Crippen MR) is 293 cm³/mol. The first-order valence-electron chi connectivity index (χ1n) is 28.6. The maximum absolute atomic E-state index is 12.9. The molecular formula is C62H106O6. The van der Waals surface area contributed by atoms with E-state index in [9.17, 15) is 14.4 Å². The summed E-state index contributed by atoms with van der Waals surface area (Å²) in [5.74, 6) is -0.990. The first-order valence-corrected chi connectivity index (χ1v) is 28.6. The number of ether oxygens (including phenoxy) is 3. The van der Waals surface area contributed by atoms with Gasteiger partial charge in [-0.05, 0) is 83.5 Å². The number of rotatable bonds is 51. The number of carbonyl (C=O) groups is 3. The smallest absolute Gasteiger partial charge is 0.306 e. The molecule has 0 amide bonds. The van der Waals surface area contributed by atoms with Crippen molar-refractivity contribution in [1.29, 1.82) is 0 Å². The van der Waals surface area contributed by atoms with E-state index < -0.39 is 6.10 Å². The number of allylic oxidation sites excluding steroid dienone is 14. The van der Waals surface area contributed by atoms with Crippen molar-refractivity contribution in [2.45, 2.75) is 277 Å². The van der Waals surface area contributed by atoms with Crippen LogP contribution in [-0.2, 0) is 28.6 Å². The zero-order chi connectivity index (χ0) is 49.3. The molecule has 390 valence electrons. The van der Waals surface area contributed by atoms with Gasteiger partial charge in [0.25, 0.3) is 0 Å². The molecule has 0 rings (SSSR count). The SMILES string of the molecule is CC/C=C/C/C=C/C/C=C/C/C=C/C/C=C/C/C=C/CCC(=O)OC[C@@H](COC(=O)CCCCCCC/C=C/CCCCCCC)OC(=O)CCCCCCCCCCCCCCCCCCC. The molecule has 0 saturated heterocycles. The van der Waals surface area contributed by atoms with E-state index >= 15 is 0 Å². The van der Waals surface area contributed by atoms with Gasteiger partial charge in [-0.1, -0.05) is 254 Å². The van der Waals surface area contributed by atoms with Crippen molar-refractivity contribution in [2.75, 3.05) is 13.2 Å². The molecule has 68 heavy (non-hydrogen) atoms. The third-order valence-corrected chi connectivity index (χ3v) is 12.1. The Morgan fingerprint density at radius 3 is 0.985 bits per heavy atom. The van der Waals surface area contributed by atoms with Crippen molar-refractivity contribution >= 4 is 17.9 Å². The van der Waals surface area contributed by atoms with E-state index in [-0.39, 0.29) is 37.5 Å². The van der Waals surface area contributed by atoms with Gasteiger partial charge in [0.05, 0.1) is 0 Å². The fourth-order valence-electron chi connectivity index (χ4n) is 7.88. The first-order chi connectivity index (χ1) is 33.5. The van der Waals surface area contributed by atoms with Crippen LogP contribution in [0, 0.1) is 0 Å². The van der Waals surface area contributed by atoms with Crippen molar-refractivity contribution in [2.24, 2.45) is 0 Å². The largest absolute Gasteiger partial charge is 0.462 e. The van der Waals surface area contributed by atoms with Crippen molar-refractivity contribution in [3.63, 3.8) is 0 Å². The topological polar surface area (TPSA) is 78.9 Å². The quantitative estimate of drug-likeness (QED) is 0.0262. The summed E-state index contributed by atoms with van der Waals surface area (Å²) in [5.41, 5.74) is 0. The highest BCUT2D eigenvalue weighted by Gasteiger charge is 2.19. The van der Waals surface area contributed by atoms with Crippen molar-refractivity contribution < 1.29 is 28.6 Å². The van der Waals surface area contributed by atoms with Crippen LogP contribution in [-0.4, -0.2) is 37.2 Å². The number of unbranched alkanes of at least 4 members (excludes halogenated alkanes) is 26. The van der Waals surface area contributed by atoms with Crippen LogP contribution >= 0.6 is 0 Å². The monoisotopic (exact) mass is 947 g/mol. The second-order valence-corrected chi connectivity index (χ2v) is 18.8. The lowest BCUT2D eigenvalue weighted by Crippen LogP contribution is -2.30. The van der Waals surface area contributed by atoms with Crippen LogP contribution in [0.4, 0.5) is 0 Å². The Labute approximate surface area is 420 Å². The Balaban J connectivity index is 4.48. The molecule has 0 spiro atoms. The molecule has 6 nitrogen and oxygen atoms in total. The summed E-state index contributed by atoms with van der Waals surface area (Å²) < 4.78 is 16.8. The van der Waals surface area contributed by atoms with E-state index in [1.807, 2.05) is 6.08 Å². The van der Waals surface area contributed by atoms with Crippen LogP contribution in [0.1, 0.15) is 271 Å². The molecule has 0 N–H and O–H groups in total. The zero-order valence-electron chi connectivity index (χ0n) is 44.6. The Morgan fingerprint density at radius 2 is 0.603 bits per heavy atom. The molecule has 0 unspecified atom stereocenters. The number of carbonyl (C=O) groups excluding carboxylic acids is 3. The Kier molecular flexibility index (Phi) is 53.4. The van der Waals surface area contributed by atoms with Crippen LogP contribution in [0.15, 0.2) is 85.1 Å². The van der Waals surface area contributed by atoms with Crippen molar-refractivity contribution in [3.8, 4) is 0 Å². The summed E-state index contributed by atoms with van der Waals surface area (Å²) in [6, 6.07) is 0. The molecule has 0 bridgehead atoms. The number of hydrogen-bond acceptors (Lipinski definition) is 6. The molecule has 0 heterocycles. The van der Waals surface area contributed by atoms with E-state index in [4.69, 9.17) is 14.2 Å². The van der Waals surface area contributed by atoms with Crippen molar-refractivity contribution in [3.05, 3.63) is 85.1 Å². The van der Waals surface area contributed by atoms with E-state index in [2.05, 4.69) is 99.8 Å². The van der Waals surface area contributed by atoms with E-state index in [0.717, 1.165) is 83.5 Å². The molecule has 0 aliphatic heterocycles. The molecule has 0 aromatic rings. The Morgan fingerprint density at radius 1 is 0.309 bits per heavy atom. The third kappa shape index (κ3) is 53.5. The molecular weight excluding hydrogens is 841 g/mol. The predicted octanol–water partition coefficient (Wildman–Crippen LogP) is 19.2. The van der Waals surface area contributed by atoms with Crippen molar-refractivity contribution in [1.82, 2.24) is 0 Å². The summed E-state index contributed by atoms with van der Waals surface area (Å²) in [7, 11) is 0. The van der Waals surface area contributed by atoms with Gasteiger partial charge in [0.15, 0.2) is 6.10 Å². The fraction of sp³-hybridized carbons (Fsp3) is 0.726. The highest BCUT2D eigenvalue weighted by Crippen LogP contribution is 2.16. The molecule has 0 aliphatic rings. The van der Waals surface area contributed by atoms with Gasteiger partial charge in [-0.3, -0.25) is 14.4 Å². The van der Waals surface area contributed by atoms with Crippen LogP contribution in [0.3, 0.4) is 0 Å². The minimum atomic E-state index is -0.809. The lowest BCUT2D eigenvalue weighted by molar-refractivity contribution is -0.166. The van der Waals surface area contributed by atoms with E-state index in [1.54, 1.807) is 0 Å². The molecule has 1 atom stereocenters. The number of esters is 3. The molecule has 0 aromatic carbocycles. The highest BCUT2D eigenvalue weighted by molar-refractivity contribution is 5.71. The van der Waals surface area contributed by atoms with E-state index in [0.29, 0.717) is 19.3 Å². The number of hydrogen-bond donors (Lipinski definition) is 0. The fourth-order valence-corrected chi connectivity index (χ4v) is 7.88. The van der Waals surface area contributed by atoms with Gasteiger partial charge in [-0.2, -0.15) is 0 Å². The molecule has 0 aromatic heterocycles. The summed E-state index contributed by atoms with van der Waals surface area (Å²) in [6.45, 7) is 6.46. The van der Waals surface area contributed by atoms with Gasteiger partial charge < -0.3 is 14.2 Å². The average molecular weight is 948 g/mol.